The Morgan fingerprint density at radius 1 is 1.12 bits per heavy atom. The van der Waals surface area contributed by atoms with Gasteiger partial charge >= 0.3 is 0 Å². The molecule has 7 heteroatoms. The molecule has 0 aliphatic heterocycles. The summed E-state index contributed by atoms with van der Waals surface area (Å²) in [5, 5.41) is 2.95. The molecule has 2 aromatic rings. The highest BCUT2D eigenvalue weighted by Gasteiger charge is 2.18. The SMILES string of the molecule is CCNS(=O)(=O)c1cccc(C(=O)N[C@@H](CC)c2ccc(OC)cc2)c1. The van der Waals surface area contributed by atoms with E-state index in [0.29, 0.717) is 12.0 Å². The molecule has 0 aromatic heterocycles. The predicted molar refractivity (Wildman–Crippen MR) is 101 cm³/mol. The van der Waals surface area contributed by atoms with Crippen LogP contribution in [-0.4, -0.2) is 28.0 Å². The highest BCUT2D eigenvalue weighted by molar-refractivity contribution is 7.89. The largest absolute Gasteiger partial charge is 0.497 e. The molecule has 140 valence electrons. The van der Waals surface area contributed by atoms with Crippen LogP contribution in [0.5, 0.6) is 5.75 Å². The fraction of sp³-hybridized carbons (Fsp3) is 0.316. The molecule has 0 unspecified atom stereocenters. The highest BCUT2D eigenvalue weighted by atomic mass is 32.2. The van der Waals surface area contributed by atoms with Gasteiger partial charge in [-0.25, -0.2) is 13.1 Å². The Bertz CT molecular complexity index is 848. The number of carbonyl (C=O) groups is 1. The summed E-state index contributed by atoms with van der Waals surface area (Å²) in [5.74, 6) is 0.428. The molecule has 0 radical (unpaired) electrons. The zero-order chi connectivity index (χ0) is 19.2. The third kappa shape index (κ3) is 4.83. The Kier molecular flexibility index (Phi) is 6.76. The van der Waals surface area contributed by atoms with Gasteiger partial charge in [-0.05, 0) is 42.3 Å². The van der Waals surface area contributed by atoms with Crippen LogP contribution in [0.1, 0.15) is 42.2 Å². The van der Waals surface area contributed by atoms with Gasteiger partial charge in [-0.2, -0.15) is 0 Å². The standard InChI is InChI=1S/C19H24N2O4S/c1-4-18(14-9-11-16(25-3)12-10-14)21-19(22)15-7-6-8-17(13-15)26(23,24)20-5-2/h6-13,18,20H,4-5H2,1-3H3,(H,21,22)/t18-/m0/s1. The highest BCUT2D eigenvalue weighted by Crippen LogP contribution is 2.21. The van der Waals surface area contributed by atoms with Crippen LogP contribution in [0.3, 0.4) is 0 Å². The van der Waals surface area contributed by atoms with Crippen molar-refractivity contribution in [3.63, 3.8) is 0 Å². The van der Waals surface area contributed by atoms with E-state index in [4.69, 9.17) is 4.74 Å². The monoisotopic (exact) mass is 376 g/mol. The van der Waals surface area contributed by atoms with E-state index in [-0.39, 0.29) is 23.4 Å². The van der Waals surface area contributed by atoms with Gasteiger partial charge in [-0.1, -0.05) is 32.0 Å². The minimum absolute atomic E-state index is 0.0736. The zero-order valence-corrected chi connectivity index (χ0v) is 16.0. The summed E-state index contributed by atoms with van der Waals surface area (Å²) in [6.07, 6.45) is 0.702. The number of ether oxygens (including phenoxy) is 1. The smallest absolute Gasteiger partial charge is 0.251 e. The number of hydrogen-bond acceptors (Lipinski definition) is 4. The van der Waals surface area contributed by atoms with Crippen molar-refractivity contribution in [2.75, 3.05) is 13.7 Å². The maximum atomic E-state index is 12.6. The second-order valence-corrected chi connectivity index (χ2v) is 7.50. The molecular formula is C19H24N2O4S. The molecular weight excluding hydrogens is 352 g/mol. The Balaban J connectivity index is 2.19. The third-order valence-corrected chi connectivity index (χ3v) is 5.52. The molecule has 0 aliphatic rings. The average Bonchev–Trinajstić information content (AvgIpc) is 2.66. The zero-order valence-electron chi connectivity index (χ0n) is 15.2. The first-order valence-electron chi connectivity index (χ1n) is 8.45. The van der Waals surface area contributed by atoms with Crippen LogP contribution in [0.4, 0.5) is 0 Å². The fourth-order valence-electron chi connectivity index (χ4n) is 2.58. The quantitative estimate of drug-likeness (QED) is 0.742. The Morgan fingerprint density at radius 3 is 2.38 bits per heavy atom. The van der Waals surface area contributed by atoms with Gasteiger partial charge in [0.2, 0.25) is 10.0 Å². The van der Waals surface area contributed by atoms with Gasteiger partial charge in [-0.3, -0.25) is 4.79 Å². The van der Waals surface area contributed by atoms with Crippen LogP contribution in [0, 0.1) is 0 Å². The van der Waals surface area contributed by atoms with Gasteiger partial charge in [0.25, 0.3) is 5.91 Å². The number of hydrogen-bond donors (Lipinski definition) is 2. The number of benzene rings is 2. The first-order chi connectivity index (χ1) is 12.4. The molecule has 2 rings (SSSR count). The normalized spacial score (nSPS) is 12.4. The second-order valence-electron chi connectivity index (χ2n) is 5.74. The van der Waals surface area contributed by atoms with Crippen LogP contribution in [0.25, 0.3) is 0 Å². The molecule has 26 heavy (non-hydrogen) atoms. The lowest BCUT2D eigenvalue weighted by Gasteiger charge is -2.18. The number of nitrogens with one attached hydrogen (secondary N) is 2. The van der Waals surface area contributed by atoms with E-state index < -0.39 is 10.0 Å². The van der Waals surface area contributed by atoms with Crippen molar-refractivity contribution in [1.82, 2.24) is 10.0 Å². The number of amides is 1. The van der Waals surface area contributed by atoms with E-state index in [2.05, 4.69) is 10.0 Å². The van der Waals surface area contributed by atoms with Crippen LogP contribution < -0.4 is 14.8 Å². The van der Waals surface area contributed by atoms with Gasteiger partial charge in [0.05, 0.1) is 18.0 Å². The molecule has 1 atom stereocenters. The molecule has 0 aliphatic carbocycles. The Labute approximate surface area is 154 Å². The fourth-order valence-corrected chi connectivity index (χ4v) is 3.66. The molecule has 2 N–H and O–H groups in total. The lowest BCUT2D eigenvalue weighted by molar-refractivity contribution is 0.0935. The van der Waals surface area contributed by atoms with Gasteiger partial charge in [-0.15, -0.1) is 0 Å². The molecule has 0 heterocycles. The first kappa shape index (κ1) is 19.9. The molecule has 1 amide bonds. The number of methoxy groups -OCH3 is 1. The maximum absolute atomic E-state index is 12.6. The topological polar surface area (TPSA) is 84.5 Å². The average molecular weight is 376 g/mol. The lowest BCUT2D eigenvalue weighted by Crippen LogP contribution is -2.28. The van der Waals surface area contributed by atoms with Crippen molar-refractivity contribution in [1.29, 1.82) is 0 Å². The van der Waals surface area contributed by atoms with Crippen LogP contribution >= 0.6 is 0 Å². The summed E-state index contributed by atoms with van der Waals surface area (Å²) in [4.78, 5) is 12.7. The van der Waals surface area contributed by atoms with E-state index in [9.17, 15) is 13.2 Å². The first-order valence-corrected chi connectivity index (χ1v) is 9.94. The van der Waals surface area contributed by atoms with Crippen LogP contribution in [0.2, 0.25) is 0 Å². The van der Waals surface area contributed by atoms with Gasteiger partial charge < -0.3 is 10.1 Å². The van der Waals surface area contributed by atoms with Crippen molar-refractivity contribution in [2.45, 2.75) is 31.2 Å². The lowest BCUT2D eigenvalue weighted by atomic mass is 10.0. The molecule has 2 aromatic carbocycles. The second kappa shape index (κ2) is 8.82. The summed E-state index contributed by atoms with van der Waals surface area (Å²) in [5.41, 5.74) is 1.26. The molecule has 0 bridgehead atoms. The summed E-state index contributed by atoms with van der Waals surface area (Å²) in [6, 6.07) is 13.3. The summed E-state index contributed by atoms with van der Waals surface area (Å²) in [7, 11) is -2.00. The molecule has 0 saturated heterocycles. The summed E-state index contributed by atoms with van der Waals surface area (Å²) < 4.78 is 31.8. The Morgan fingerprint density at radius 2 is 1.81 bits per heavy atom. The summed E-state index contributed by atoms with van der Waals surface area (Å²) in [6.45, 7) is 3.96. The van der Waals surface area contributed by atoms with Crippen molar-refractivity contribution in [3.05, 3.63) is 59.7 Å². The van der Waals surface area contributed by atoms with Crippen molar-refractivity contribution >= 4 is 15.9 Å². The molecule has 0 saturated carbocycles. The van der Waals surface area contributed by atoms with Crippen molar-refractivity contribution in [2.24, 2.45) is 0 Å². The van der Waals surface area contributed by atoms with Crippen molar-refractivity contribution < 1.29 is 17.9 Å². The predicted octanol–water partition coefficient (Wildman–Crippen LogP) is 2.87. The Hall–Kier alpha value is -2.38. The number of carbonyl (C=O) groups excluding carboxylic acids is 1. The molecule has 0 fully saturated rings. The third-order valence-electron chi connectivity index (χ3n) is 3.97. The minimum atomic E-state index is -3.60. The van der Waals surface area contributed by atoms with Gasteiger partial charge in [0, 0.05) is 12.1 Å². The summed E-state index contributed by atoms with van der Waals surface area (Å²) >= 11 is 0. The number of sulfonamides is 1. The molecule has 6 nitrogen and oxygen atoms in total. The van der Waals surface area contributed by atoms with Crippen LogP contribution in [-0.2, 0) is 10.0 Å². The van der Waals surface area contributed by atoms with E-state index in [1.165, 1.54) is 12.1 Å². The van der Waals surface area contributed by atoms with E-state index in [0.717, 1.165) is 11.3 Å². The van der Waals surface area contributed by atoms with Crippen molar-refractivity contribution in [3.8, 4) is 5.75 Å². The van der Waals surface area contributed by atoms with E-state index in [1.807, 2.05) is 31.2 Å². The van der Waals surface area contributed by atoms with E-state index in [1.54, 1.807) is 26.2 Å². The number of rotatable bonds is 8. The van der Waals surface area contributed by atoms with Gasteiger partial charge in [0.1, 0.15) is 5.75 Å². The van der Waals surface area contributed by atoms with E-state index >= 15 is 0 Å². The maximum Gasteiger partial charge on any atom is 0.251 e. The molecule has 0 spiro atoms. The van der Waals surface area contributed by atoms with Gasteiger partial charge in [0.15, 0.2) is 0 Å². The van der Waals surface area contributed by atoms with Crippen LogP contribution in [0.15, 0.2) is 53.4 Å². The minimum Gasteiger partial charge on any atom is -0.497 e.